The highest BCUT2D eigenvalue weighted by atomic mass is 16.6. The molecule has 0 radical (unpaired) electrons. The van der Waals surface area contributed by atoms with Crippen LogP contribution in [-0.2, 0) is 9.57 Å². The van der Waals surface area contributed by atoms with Crippen LogP contribution in [0, 0.1) is 5.92 Å². The lowest BCUT2D eigenvalue weighted by Gasteiger charge is -2.21. The minimum atomic E-state index is 0.406. The summed E-state index contributed by atoms with van der Waals surface area (Å²) in [6, 6.07) is 0.406. The first-order valence-corrected chi connectivity index (χ1v) is 7.90. The van der Waals surface area contributed by atoms with Crippen molar-refractivity contribution < 1.29 is 9.57 Å². The van der Waals surface area contributed by atoms with E-state index >= 15 is 0 Å². The number of nitrogens with two attached hydrogens (primary N) is 1. The molecule has 6 heteroatoms. The van der Waals surface area contributed by atoms with Crippen molar-refractivity contribution in [2.24, 2.45) is 21.8 Å². The molecule has 2 atom stereocenters. The van der Waals surface area contributed by atoms with Crippen LogP contribution in [0.3, 0.4) is 0 Å². The van der Waals surface area contributed by atoms with E-state index < -0.39 is 0 Å². The molecule has 1 aliphatic rings. The van der Waals surface area contributed by atoms with Crippen molar-refractivity contribution in [3.63, 3.8) is 0 Å². The molecule has 23 heavy (non-hydrogen) atoms. The molecule has 0 aromatic heterocycles. The second kappa shape index (κ2) is 10.7. The number of aliphatic imine (C=N–C) groups is 1. The van der Waals surface area contributed by atoms with Crippen LogP contribution in [0.15, 0.2) is 46.7 Å². The van der Waals surface area contributed by atoms with Gasteiger partial charge in [-0.3, -0.25) is 0 Å². The Labute approximate surface area is 138 Å². The quantitative estimate of drug-likeness (QED) is 0.503. The van der Waals surface area contributed by atoms with Crippen molar-refractivity contribution in [2.75, 3.05) is 26.8 Å². The van der Waals surface area contributed by atoms with Gasteiger partial charge in [-0.05, 0) is 38.4 Å². The number of dihydropyridines is 1. The Hall–Kier alpha value is -1.92. The lowest BCUT2D eigenvalue weighted by Crippen LogP contribution is -2.37. The van der Waals surface area contributed by atoms with Gasteiger partial charge in [0.25, 0.3) is 0 Å². The van der Waals surface area contributed by atoms with Crippen molar-refractivity contribution in [2.45, 2.75) is 26.3 Å². The molecule has 0 aromatic carbocycles. The predicted octanol–water partition coefficient (Wildman–Crippen LogP) is 2.01. The lowest BCUT2D eigenvalue weighted by molar-refractivity contribution is 0.214. The van der Waals surface area contributed by atoms with Gasteiger partial charge in [-0.1, -0.05) is 30.8 Å². The van der Waals surface area contributed by atoms with Gasteiger partial charge < -0.3 is 20.6 Å². The second-order valence-electron chi connectivity index (χ2n) is 5.25. The van der Waals surface area contributed by atoms with E-state index in [2.05, 4.69) is 42.0 Å². The first-order valence-electron chi connectivity index (χ1n) is 7.90. The molecule has 6 nitrogen and oxygen atoms in total. The Bertz CT molecular complexity index is 495. The number of nitrogens with one attached hydrogen (secondary N) is 1. The third kappa shape index (κ3) is 6.80. The van der Waals surface area contributed by atoms with E-state index in [4.69, 9.17) is 15.3 Å². The topological polar surface area (TPSA) is 81.2 Å². The normalized spacial score (nSPS) is 19.0. The number of ether oxygens (including phenoxy) is 1. The third-order valence-corrected chi connectivity index (χ3v) is 3.58. The van der Waals surface area contributed by atoms with Gasteiger partial charge in [0, 0.05) is 12.1 Å². The zero-order chi connectivity index (χ0) is 17.1. The van der Waals surface area contributed by atoms with Crippen molar-refractivity contribution in [1.29, 1.82) is 0 Å². The summed E-state index contributed by atoms with van der Waals surface area (Å²) >= 11 is 0. The molecule has 1 unspecified atom stereocenters. The van der Waals surface area contributed by atoms with Crippen molar-refractivity contribution in [3.8, 4) is 0 Å². The standard InChI is InChI=1S/C17H28N4O2/c1-5-19-13(2)15(12-18)8-6-7-11-23-17-10-9-16(21-22-4)14(3)20-17/h6-7,9-10,13,15,19H,3,5,8,11-12,18H2,1-2,4H3/b7-6-,21-16-/t13?,15-/m0/s1. The van der Waals surface area contributed by atoms with E-state index in [1.807, 2.05) is 6.08 Å². The van der Waals surface area contributed by atoms with Gasteiger partial charge in [0.05, 0.1) is 5.70 Å². The van der Waals surface area contributed by atoms with E-state index in [1.165, 1.54) is 7.11 Å². The van der Waals surface area contributed by atoms with Crippen molar-refractivity contribution in [1.82, 2.24) is 5.32 Å². The summed E-state index contributed by atoms with van der Waals surface area (Å²) in [6.07, 6.45) is 8.52. The van der Waals surface area contributed by atoms with Gasteiger partial charge in [0.1, 0.15) is 19.4 Å². The van der Waals surface area contributed by atoms with Crippen LogP contribution < -0.4 is 11.1 Å². The van der Waals surface area contributed by atoms with Gasteiger partial charge >= 0.3 is 0 Å². The average molecular weight is 320 g/mol. The summed E-state index contributed by atoms with van der Waals surface area (Å²) in [5.74, 6) is 0.941. The van der Waals surface area contributed by atoms with Crippen LogP contribution in [0.1, 0.15) is 20.3 Å². The van der Waals surface area contributed by atoms with E-state index in [0.717, 1.165) is 13.0 Å². The van der Waals surface area contributed by atoms with E-state index in [0.29, 0.717) is 42.4 Å². The van der Waals surface area contributed by atoms with E-state index in [1.54, 1.807) is 12.2 Å². The highest BCUT2D eigenvalue weighted by Crippen LogP contribution is 2.09. The number of allylic oxidation sites excluding steroid dienone is 2. The first-order chi connectivity index (χ1) is 11.1. The summed E-state index contributed by atoms with van der Waals surface area (Å²) in [7, 11) is 1.49. The van der Waals surface area contributed by atoms with Crippen molar-refractivity contribution >= 4 is 11.6 Å². The largest absolute Gasteiger partial charge is 0.473 e. The van der Waals surface area contributed by atoms with Crippen LogP contribution in [0.5, 0.6) is 0 Å². The monoisotopic (exact) mass is 320 g/mol. The van der Waals surface area contributed by atoms with Crippen LogP contribution in [0.25, 0.3) is 0 Å². The molecular weight excluding hydrogens is 292 g/mol. The maximum Gasteiger partial charge on any atom is 0.214 e. The molecule has 1 rings (SSSR count). The van der Waals surface area contributed by atoms with Gasteiger partial charge in [-0.2, -0.15) is 0 Å². The maximum absolute atomic E-state index is 5.82. The van der Waals surface area contributed by atoms with Crippen LogP contribution in [0.2, 0.25) is 0 Å². The molecule has 128 valence electrons. The summed E-state index contributed by atoms with van der Waals surface area (Å²) in [5, 5.41) is 7.21. The van der Waals surface area contributed by atoms with E-state index in [9.17, 15) is 0 Å². The molecule has 1 aliphatic heterocycles. The minimum Gasteiger partial charge on any atom is -0.473 e. The Morgan fingerprint density at radius 3 is 2.83 bits per heavy atom. The molecule has 0 aliphatic carbocycles. The highest BCUT2D eigenvalue weighted by molar-refractivity contribution is 6.14. The molecule has 0 spiro atoms. The SMILES string of the molecule is C=C1N=C(OC/C=C\C[C@@H](CN)C(C)NCC)C=C/C1=N/OC. The second-order valence-corrected chi connectivity index (χ2v) is 5.25. The fourth-order valence-corrected chi connectivity index (χ4v) is 2.20. The molecule has 0 aromatic rings. The van der Waals surface area contributed by atoms with Crippen LogP contribution in [-0.4, -0.2) is 44.5 Å². The molecule has 1 heterocycles. The van der Waals surface area contributed by atoms with E-state index in [-0.39, 0.29) is 0 Å². The molecule has 0 bridgehead atoms. The third-order valence-electron chi connectivity index (χ3n) is 3.58. The summed E-state index contributed by atoms with van der Waals surface area (Å²) in [6.45, 7) is 10.2. The predicted molar refractivity (Wildman–Crippen MR) is 95.6 cm³/mol. The molecule has 0 amide bonds. The summed E-state index contributed by atoms with van der Waals surface area (Å²) in [4.78, 5) is 8.93. The van der Waals surface area contributed by atoms with Crippen molar-refractivity contribution in [3.05, 3.63) is 36.6 Å². The smallest absolute Gasteiger partial charge is 0.214 e. The zero-order valence-electron chi connectivity index (χ0n) is 14.3. The fraction of sp³-hybridized carbons (Fsp3) is 0.529. The summed E-state index contributed by atoms with van der Waals surface area (Å²) in [5.41, 5.74) is 6.94. The Balaban J connectivity index is 2.37. The molecule has 0 saturated carbocycles. The Morgan fingerprint density at radius 1 is 1.43 bits per heavy atom. The van der Waals surface area contributed by atoms with Gasteiger partial charge in [0.15, 0.2) is 0 Å². The fourth-order valence-electron chi connectivity index (χ4n) is 2.20. The average Bonchev–Trinajstić information content (AvgIpc) is 2.53. The van der Waals surface area contributed by atoms with Gasteiger partial charge in [-0.25, -0.2) is 4.99 Å². The molecular formula is C17H28N4O2. The number of hydrogen-bond donors (Lipinski definition) is 2. The Morgan fingerprint density at radius 2 is 2.22 bits per heavy atom. The highest BCUT2D eigenvalue weighted by Gasteiger charge is 2.13. The van der Waals surface area contributed by atoms with Gasteiger partial charge in [0.2, 0.25) is 5.90 Å². The van der Waals surface area contributed by atoms with Gasteiger partial charge in [-0.15, -0.1) is 0 Å². The maximum atomic E-state index is 5.82. The van der Waals surface area contributed by atoms with Crippen LogP contribution in [0.4, 0.5) is 0 Å². The number of nitrogens with zero attached hydrogens (tertiary/aromatic N) is 2. The zero-order valence-corrected chi connectivity index (χ0v) is 14.3. The number of rotatable bonds is 9. The molecule has 0 saturated heterocycles. The molecule has 0 fully saturated rings. The first kappa shape index (κ1) is 19.1. The number of hydrogen-bond acceptors (Lipinski definition) is 6. The number of oxime groups is 1. The minimum absolute atomic E-state index is 0.406. The van der Waals surface area contributed by atoms with Crippen LogP contribution >= 0.6 is 0 Å². The molecule has 3 N–H and O–H groups in total. The Kier molecular flexibility index (Phi) is 8.94. The lowest BCUT2D eigenvalue weighted by atomic mass is 9.97. The summed E-state index contributed by atoms with van der Waals surface area (Å²) < 4.78 is 5.58.